The first-order valence-electron chi connectivity index (χ1n) is 10.1. The molecule has 0 saturated carbocycles. The highest BCUT2D eigenvalue weighted by molar-refractivity contribution is 7.09. The van der Waals surface area contributed by atoms with Gasteiger partial charge in [0.1, 0.15) is 0 Å². The molecule has 0 radical (unpaired) electrons. The topological polar surface area (TPSA) is 63.1 Å². The highest BCUT2D eigenvalue weighted by Gasteiger charge is 2.25. The van der Waals surface area contributed by atoms with Crippen molar-refractivity contribution in [2.75, 3.05) is 13.1 Å². The molecule has 3 heterocycles. The molecule has 1 fully saturated rings. The number of piperidine rings is 1. The zero-order chi connectivity index (χ0) is 20.1. The minimum absolute atomic E-state index is 0.113. The lowest BCUT2D eigenvalue weighted by atomic mass is 9.95. The first-order chi connectivity index (χ1) is 14.2. The number of likely N-dealkylation sites (tertiary alicyclic amines) is 1. The molecule has 7 heteroatoms. The number of rotatable bonds is 7. The van der Waals surface area contributed by atoms with Crippen molar-refractivity contribution < 1.29 is 4.79 Å². The number of carbonyl (C=O) groups excluding carboxylic acids is 1. The Hall–Kier alpha value is -2.51. The number of hydrogen-bond donors (Lipinski definition) is 1. The number of carbonyl (C=O) groups is 1. The van der Waals surface area contributed by atoms with E-state index in [-0.39, 0.29) is 11.8 Å². The van der Waals surface area contributed by atoms with E-state index in [9.17, 15) is 4.79 Å². The predicted octanol–water partition coefficient (Wildman–Crippen LogP) is 3.22. The van der Waals surface area contributed by atoms with E-state index in [1.165, 1.54) is 5.56 Å². The minimum atomic E-state index is 0.113. The van der Waals surface area contributed by atoms with Gasteiger partial charge in [-0.25, -0.2) is 4.98 Å². The Labute approximate surface area is 175 Å². The predicted molar refractivity (Wildman–Crippen MR) is 114 cm³/mol. The van der Waals surface area contributed by atoms with E-state index in [1.54, 1.807) is 17.5 Å². The number of aryl methyl sites for hydroxylation is 1. The lowest BCUT2D eigenvalue weighted by Gasteiger charge is -2.30. The molecule has 0 spiro atoms. The third kappa shape index (κ3) is 5.52. The Kier molecular flexibility index (Phi) is 6.36. The van der Waals surface area contributed by atoms with Gasteiger partial charge in [0, 0.05) is 36.8 Å². The Balaban J connectivity index is 1.20. The summed E-state index contributed by atoms with van der Waals surface area (Å²) in [6.07, 6.45) is 5.57. The Morgan fingerprint density at radius 2 is 1.93 bits per heavy atom. The number of hydrogen-bond acceptors (Lipinski definition) is 5. The fraction of sp³-hybridized carbons (Fsp3) is 0.409. The third-order valence-electron chi connectivity index (χ3n) is 5.40. The smallest absolute Gasteiger partial charge is 0.223 e. The van der Waals surface area contributed by atoms with Crippen molar-refractivity contribution in [3.63, 3.8) is 0 Å². The van der Waals surface area contributed by atoms with E-state index in [4.69, 9.17) is 0 Å². The summed E-state index contributed by atoms with van der Waals surface area (Å²) < 4.78 is 1.90. The lowest BCUT2D eigenvalue weighted by molar-refractivity contribution is -0.126. The van der Waals surface area contributed by atoms with Crippen LogP contribution in [-0.4, -0.2) is 38.7 Å². The molecule has 1 aliphatic rings. The second-order valence-electron chi connectivity index (χ2n) is 7.65. The van der Waals surface area contributed by atoms with Crippen molar-refractivity contribution in [1.29, 1.82) is 0 Å². The highest BCUT2D eigenvalue weighted by atomic mass is 32.1. The normalized spacial score (nSPS) is 15.5. The first-order valence-corrected chi connectivity index (χ1v) is 11.0. The quantitative estimate of drug-likeness (QED) is 0.651. The maximum absolute atomic E-state index is 12.6. The SMILES string of the molecule is Cc1nc(CN2CCC(C(=O)NCc3ccc(Cn4cccn4)cc3)CC2)cs1. The van der Waals surface area contributed by atoms with Gasteiger partial charge in [0.25, 0.3) is 0 Å². The van der Waals surface area contributed by atoms with Crippen LogP contribution in [0.4, 0.5) is 0 Å². The summed E-state index contributed by atoms with van der Waals surface area (Å²) in [6.45, 7) is 6.19. The molecular formula is C22H27N5OS. The van der Waals surface area contributed by atoms with Crippen LogP contribution in [0.25, 0.3) is 0 Å². The molecule has 2 aromatic heterocycles. The molecule has 0 atom stereocenters. The summed E-state index contributed by atoms with van der Waals surface area (Å²) in [5.74, 6) is 0.289. The van der Waals surface area contributed by atoms with E-state index in [0.29, 0.717) is 6.54 Å². The molecule has 0 aliphatic carbocycles. The Morgan fingerprint density at radius 3 is 2.59 bits per heavy atom. The standard InChI is InChI=1S/C22H27N5OS/c1-17-25-21(16-29-17)15-26-11-7-20(8-12-26)22(28)23-13-18-3-5-19(6-4-18)14-27-10-2-9-24-27/h2-6,9-10,16,20H,7-8,11-15H2,1H3,(H,23,28). The van der Waals surface area contributed by atoms with Gasteiger partial charge >= 0.3 is 0 Å². The molecule has 0 bridgehead atoms. The van der Waals surface area contributed by atoms with Gasteiger partial charge in [0.2, 0.25) is 5.91 Å². The maximum atomic E-state index is 12.6. The number of nitrogens with one attached hydrogen (secondary N) is 1. The molecule has 1 saturated heterocycles. The minimum Gasteiger partial charge on any atom is -0.352 e. The van der Waals surface area contributed by atoms with Gasteiger partial charge in [0.15, 0.2) is 0 Å². The van der Waals surface area contributed by atoms with Crippen LogP contribution in [0.3, 0.4) is 0 Å². The number of aromatic nitrogens is 3. The average molecular weight is 410 g/mol. The monoisotopic (exact) mass is 409 g/mol. The fourth-order valence-corrected chi connectivity index (χ4v) is 4.34. The summed E-state index contributed by atoms with van der Waals surface area (Å²) in [7, 11) is 0. The van der Waals surface area contributed by atoms with Crippen LogP contribution in [0.2, 0.25) is 0 Å². The van der Waals surface area contributed by atoms with Gasteiger partial charge < -0.3 is 5.32 Å². The first kappa shape index (κ1) is 19.8. The molecule has 1 amide bonds. The van der Waals surface area contributed by atoms with Crippen molar-refractivity contribution in [2.45, 2.75) is 39.4 Å². The molecule has 0 unspecified atom stereocenters. The van der Waals surface area contributed by atoms with Gasteiger partial charge in [-0.05, 0) is 50.0 Å². The molecule has 152 valence electrons. The largest absolute Gasteiger partial charge is 0.352 e. The summed E-state index contributed by atoms with van der Waals surface area (Å²) in [5.41, 5.74) is 3.47. The highest BCUT2D eigenvalue weighted by Crippen LogP contribution is 2.20. The molecule has 1 N–H and O–H groups in total. The van der Waals surface area contributed by atoms with Crippen LogP contribution in [0.15, 0.2) is 48.1 Å². The second-order valence-corrected chi connectivity index (χ2v) is 8.71. The van der Waals surface area contributed by atoms with Gasteiger partial charge in [-0.15, -0.1) is 11.3 Å². The van der Waals surface area contributed by atoms with Crippen molar-refractivity contribution in [1.82, 2.24) is 25.0 Å². The van der Waals surface area contributed by atoms with Crippen LogP contribution < -0.4 is 5.32 Å². The van der Waals surface area contributed by atoms with E-state index in [0.717, 1.165) is 55.3 Å². The summed E-state index contributed by atoms with van der Waals surface area (Å²) in [5, 5.41) is 10.6. The van der Waals surface area contributed by atoms with Crippen LogP contribution in [0.5, 0.6) is 0 Å². The maximum Gasteiger partial charge on any atom is 0.223 e. The zero-order valence-corrected chi connectivity index (χ0v) is 17.6. The number of benzene rings is 1. The van der Waals surface area contributed by atoms with E-state index < -0.39 is 0 Å². The Bertz CT molecular complexity index is 911. The van der Waals surface area contributed by atoms with Crippen LogP contribution in [0.1, 0.15) is 34.7 Å². The molecular weight excluding hydrogens is 382 g/mol. The van der Waals surface area contributed by atoms with Gasteiger partial charge in [-0.2, -0.15) is 5.10 Å². The van der Waals surface area contributed by atoms with Crippen LogP contribution in [-0.2, 0) is 24.4 Å². The van der Waals surface area contributed by atoms with E-state index >= 15 is 0 Å². The molecule has 1 aliphatic heterocycles. The summed E-state index contributed by atoms with van der Waals surface area (Å²) in [6, 6.07) is 10.3. The molecule has 3 aromatic rings. The third-order valence-corrected chi connectivity index (χ3v) is 6.23. The van der Waals surface area contributed by atoms with Gasteiger partial charge in [-0.1, -0.05) is 24.3 Å². The lowest BCUT2D eigenvalue weighted by Crippen LogP contribution is -2.40. The average Bonchev–Trinajstić information content (AvgIpc) is 3.39. The van der Waals surface area contributed by atoms with E-state index in [2.05, 4.69) is 49.9 Å². The van der Waals surface area contributed by atoms with E-state index in [1.807, 2.05) is 23.9 Å². The Morgan fingerprint density at radius 1 is 1.17 bits per heavy atom. The molecule has 29 heavy (non-hydrogen) atoms. The van der Waals surface area contributed by atoms with Crippen molar-refractivity contribution in [2.24, 2.45) is 5.92 Å². The summed E-state index contributed by atoms with van der Waals surface area (Å²) in [4.78, 5) is 19.5. The number of amides is 1. The second kappa shape index (κ2) is 9.33. The van der Waals surface area contributed by atoms with Crippen molar-refractivity contribution >= 4 is 17.2 Å². The van der Waals surface area contributed by atoms with Crippen LogP contribution >= 0.6 is 11.3 Å². The van der Waals surface area contributed by atoms with Gasteiger partial charge in [-0.3, -0.25) is 14.4 Å². The molecule has 6 nitrogen and oxygen atoms in total. The van der Waals surface area contributed by atoms with Crippen molar-refractivity contribution in [3.8, 4) is 0 Å². The number of thiazole rings is 1. The molecule has 4 rings (SSSR count). The zero-order valence-electron chi connectivity index (χ0n) is 16.8. The fourth-order valence-electron chi connectivity index (χ4n) is 3.74. The molecule has 1 aromatic carbocycles. The number of nitrogens with zero attached hydrogens (tertiary/aromatic N) is 4. The van der Waals surface area contributed by atoms with Gasteiger partial charge in [0.05, 0.1) is 17.2 Å². The van der Waals surface area contributed by atoms with Crippen molar-refractivity contribution in [3.05, 3.63) is 69.9 Å². The van der Waals surface area contributed by atoms with Crippen LogP contribution in [0, 0.1) is 12.8 Å². The summed E-state index contributed by atoms with van der Waals surface area (Å²) >= 11 is 1.70.